The number of hydrogen-bond donors (Lipinski definition) is 1. The van der Waals surface area contributed by atoms with Crippen molar-refractivity contribution in [3.05, 3.63) is 95.8 Å². The molecule has 0 saturated heterocycles. The van der Waals surface area contributed by atoms with E-state index in [2.05, 4.69) is 10.3 Å². The minimum absolute atomic E-state index is 0.00870. The molecule has 1 heterocycles. The number of nitrogens with zero attached hydrogens (tertiary/aromatic N) is 2. The third-order valence-electron chi connectivity index (χ3n) is 4.89. The second-order valence-electron chi connectivity index (χ2n) is 7.18. The quantitative estimate of drug-likeness (QED) is 0.443. The monoisotopic (exact) mass is 439 g/mol. The number of alkyl halides is 3. The molecule has 0 aliphatic carbocycles. The number of para-hydroxylation sites is 3. The Bertz CT molecular complexity index is 1220. The predicted octanol–water partition coefficient (Wildman–Crippen LogP) is 4.95. The molecule has 1 N–H and O–H groups in total. The van der Waals surface area contributed by atoms with E-state index in [4.69, 9.17) is 4.74 Å². The van der Waals surface area contributed by atoms with Crippen LogP contribution in [0.25, 0.3) is 11.0 Å². The first-order chi connectivity index (χ1) is 15.4. The van der Waals surface area contributed by atoms with Gasteiger partial charge in [-0.2, -0.15) is 13.2 Å². The topological polar surface area (TPSA) is 56.2 Å². The summed E-state index contributed by atoms with van der Waals surface area (Å²) in [7, 11) is 0. The zero-order valence-electron chi connectivity index (χ0n) is 17.0. The molecule has 1 aromatic heterocycles. The van der Waals surface area contributed by atoms with Crippen molar-refractivity contribution >= 4 is 16.9 Å². The van der Waals surface area contributed by atoms with Gasteiger partial charge in [0.15, 0.2) is 0 Å². The average molecular weight is 439 g/mol. The van der Waals surface area contributed by atoms with Crippen molar-refractivity contribution in [3.63, 3.8) is 0 Å². The van der Waals surface area contributed by atoms with Crippen LogP contribution in [0.4, 0.5) is 13.2 Å². The molecule has 4 rings (SSSR count). The van der Waals surface area contributed by atoms with Gasteiger partial charge in [0.25, 0.3) is 0 Å². The van der Waals surface area contributed by atoms with Crippen LogP contribution < -0.4 is 10.1 Å². The van der Waals surface area contributed by atoms with Crippen LogP contribution in [-0.4, -0.2) is 15.5 Å². The molecule has 5 nitrogen and oxygen atoms in total. The van der Waals surface area contributed by atoms with Gasteiger partial charge in [-0.15, -0.1) is 0 Å². The maximum absolute atomic E-state index is 12.9. The van der Waals surface area contributed by atoms with Gasteiger partial charge in [-0.1, -0.05) is 42.5 Å². The number of imidazole rings is 1. The molecule has 0 saturated carbocycles. The van der Waals surface area contributed by atoms with Gasteiger partial charge in [-0.3, -0.25) is 4.79 Å². The van der Waals surface area contributed by atoms with Gasteiger partial charge in [-0.05, 0) is 42.0 Å². The van der Waals surface area contributed by atoms with Crippen LogP contribution in [0.15, 0.2) is 78.9 Å². The number of nitrogens with one attached hydrogen (secondary N) is 1. The van der Waals surface area contributed by atoms with Crippen molar-refractivity contribution in [2.75, 3.05) is 0 Å². The molecule has 0 aliphatic rings. The van der Waals surface area contributed by atoms with E-state index >= 15 is 0 Å². The van der Waals surface area contributed by atoms with Gasteiger partial charge in [-0.25, -0.2) is 4.98 Å². The number of carbonyl (C=O) groups excluding carboxylic acids is 1. The fraction of sp³-hybridized carbons (Fsp3) is 0.167. The molecule has 0 bridgehead atoms. The Kier molecular flexibility index (Phi) is 6.11. The van der Waals surface area contributed by atoms with Gasteiger partial charge in [0.05, 0.1) is 16.6 Å². The van der Waals surface area contributed by atoms with E-state index in [1.54, 1.807) is 10.6 Å². The Morgan fingerprint density at radius 2 is 1.72 bits per heavy atom. The van der Waals surface area contributed by atoms with Crippen LogP contribution in [0.2, 0.25) is 0 Å². The maximum atomic E-state index is 12.9. The lowest BCUT2D eigenvalue weighted by molar-refractivity contribution is -0.137. The molecule has 8 heteroatoms. The first-order valence-electron chi connectivity index (χ1n) is 9.95. The summed E-state index contributed by atoms with van der Waals surface area (Å²) in [5, 5.41) is 2.69. The van der Waals surface area contributed by atoms with E-state index in [0.717, 1.165) is 23.2 Å². The number of rotatable bonds is 7. The SMILES string of the molecule is O=C(Cn1c(COc2ccccc2)nc2ccccc21)NCc1cccc(C(F)(F)F)c1. The summed E-state index contributed by atoms with van der Waals surface area (Å²) in [6, 6.07) is 21.6. The summed E-state index contributed by atoms with van der Waals surface area (Å²) in [4.78, 5) is 17.2. The fourth-order valence-corrected chi connectivity index (χ4v) is 3.33. The van der Waals surface area contributed by atoms with E-state index in [-0.39, 0.29) is 25.6 Å². The molecular weight excluding hydrogens is 419 g/mol. The zero-order chi connectivity index (χ0) is 22.6. The Morgan fingerprint density at radius 3 is 2.50 bits per heavy atom. The molecule has 0 radical (unpaired) electrons. The Labute approximate surface area is 182 Å². The summed E-state index contributed by atoms with van der Waals surface area (Å²) in [5.74, 6) is 0.913. The Morgan fingerprint density at radius 1 is 0.969 bits per heavy atom. The molecule has 3 aromatic carbocycles. The van der Waals surface area contributed by atoms with E-state index in [1.807, 2.05) is 54.6 Å². The Balaban J connectivity index is 1.47. The minimum atomic E-state index is -4.43. The van der Waals surface area contributed by atoms with Crippen LogP contribution in [-0.2, 0) is 30.7 Å². The van der Waals surface area contributed by atoms with Crippen molar-refractivity contribution < 1.29 is 22.7 Å². The van der Waals surface area contributed by atoms with Crippen molar-refractivity contribution in [2.24, 2.45) is 0 Å². The second-order valence-corrected chi connectivity index (χ2v) is 7.18. The number of carbonyl (C=O) groups is 1. The van der Waals surface area contributed by atoms with Crippen LogP contribution in [0.5, 0.6) is 5.75 Å². The number of ether oxygens (including phenoxy) is 1. The first-order valence-corrected chi connectivity index (χ1v) is 9.95. The summed E-state index contributed by atoms with van der Waals surface area (Å²) >= 11 is 0. The van der Waals surface area contributed by atoms with Gasteiger partial charge >= 0.3 is 6.18 Å². The fourth-order valence-electron chi connectivity index (χ4n) is 3.33. The number of halogens is 3. The Hall–Kier alpha value is -3.81. The van der Waals surface area contributed by atoms with Gasteiger partial charge in [0.2, 0.25) is 5.91 Å². The molecule has 164 valence electrons. The highest BCUT2D eigenvalue weighted by Crippen LogP contribution is 2.29. The normalized spacial score (nSPS) is 11.5. The van der Waals surface area contributed by atoms with E-state index in [9.17, 15) is 18.0 Å². The maximum Gasteiger partial charge on any atom is 0.416 e. The van der Waals surface area contributed by atoms with Crippen molar-refractivity contribution in [2.45, 2.75) is 25.9 Å². The molecule has 1 amide bonds. The van der Waals surface area contributed by atoms with Gasteiger partial charge in [0.1, 0.15) is 24.7 Å². The van der Waals surface area contributed by atoms with Crippen LogP contribution >= 0.6 is 0 Å². The van der Waals surface area contributed by atoms with E-state index in [0.29, 0.717) is 17.1 Å². The molecule has 0 unspecified atom stereocenters. The molecular formula is C24H20F3N3O2. The smallest absolute Gasteiger partial charge is 0.416 e. The number of hydrogen-bond acceptors (Lipinski definition) is 3. The molecule has 4 aromatic rings. The molecule has 0 fully saturated rings. The summed E-state index contributed by atoms with van der Waals surface area (Å²) < 4.78 is 46.2. The lowest BCUT2D eigenvalue weighted by Crippen LogP contribution is -2.28. The van der Waals surface area contributed by atoms with Crippen LogP contribution in [0, 0.1) is 0 Å². The first kappa shape index (κ1) is 21.4. The number of amides is 1. The minimum Gasteiger partial charge on any atom is -0.486 e. The lowest BCUT2D eigenvalue weighted by atomic mass is 10.1. The van der Waals surface area contributed by atoms with Gasteiger partial charge < -0.3 is 14.6 Å². The zero-order valence-corrected chi connectivity index (χ0v) is 17.0. The van der Waals surface area contributed by atoms with Crippen molar-refractivity contribution in [1.29, 1.82) is 0 Å². The lowest BCUT2D eigenvalue weighted by Gasteiger charge is -2.12. The van der Waals surface area contributed by atoms with Gasteiger partial charge in [0, 0.05) is 6.54 Å². The van der Waals surface area contributed by atoms with Crippen molar-refractivity contribution in [1.82, 2.24) is 14.9 Å². The highest BCUT2D eigenvalue weighted by Gasteiger charge is 2.30. The standard InChI is InChI=1S/C24H20F3N3O2/c25-24(26,27)18-8-6-7-17(13-18)14-28-23(31)15-30-21-12-5-4-11-20(21)29-22(30)16-32-19-9-2-1-3-10-19/h1-13H,14-16H2,(H,28,31). The number of benzene rings is 3. The highest BCUT2D eigenvalue weighted by molar-refractivity contribution is 5.81. The second kappa shape index (κ2) is 9.13. The molecule has 0 atom stereocenters. The summed E-state index contributed by atoms with van der Waals surface area (Å²) in [6.07, 6.45) is -4.43. The number of fused-ring (bicyclic) bond motifs is 1. The molecule has 0 spiro atoms. The average Bonchev–Trinajstić information content (AvgIpc) is 3.14. The molecule has 32 heavy (non-hydrogen) atoms. The van der Waals surface area contributed by atoms with Crippen molar-refractivity contribution in [3.8, 4) is 5.75 Å². The summed E-state index contributed by atoms with van der Waals surface area (Å²) in [5.41, 5.74) is 1.12. The van der Waals surface area contributed by atoms with E-state index in [1.165, 1.54) is 6.07 Å². The van der Waals surface area contributed by atoms with Crippen LogP contribution in [0.1, 0.15) is 17.0 Å². The largest absolute Gasteiger partial charge is 0.486 e. The third kappa shape index (κ3) is 5.08. The summed E-state index contributed by atoms with van der Waals surface area (Å²) in [6.45, 7) is 0.123. The molecule has 0 aliphatic heterocycles. The predicted molar refractivity (Wildman–Crippen MR) is 114 cm³/mol. The van der Waals surface area contributed by atoms with Crippen LogP contribution in [0.3, 0.4) is 0 Å². The highest BCUT2D eigenvalue weighted by atomic mass is 19.4. The third-order valence-corrected chi connectivity index (χ3v) is 4.89. The van der Waals surface area contributed by atoms with E-state index < -0.39 is 11.7 Å². The number of aromatic nitrogens is 2.